The fraction of sp³-hybridized carbons (Fsp3) is 0.231. The fourth-order valence-corrected chi connectivity index (χ4v) is 4.64. The third-order valence-electron chi connectivity index (χ3n) is 4.34. The van der Waals surface area contributed by atoms with Crippen LogP contribution in [0.5, 0.6) is 0 Å². The van der Waals surface area contributed by atoms with E-state index in [0.29, 0.717) is 0 Å². The number of hydrogen-bond acceptors (Lipinski definition) is 0. The molecule has 0 N–H and O–H groups in total. The van der Waals surface area contributed by atoms with Gasteiger partial charge in [-0.2, -0.15) is 0 Å². The molecule has 0 aliphatic carbocycles. The van der Waals surface area contributed by atoms with Gasteiger partial charge >= 0.3 is 0 Å². The van der Waals surface area contributed by atoms with Crippen LogP contribution in [0.2, 0.25) is 39.3 Å². The minimum atomic E-state index is -1.52. The highest BCUT2D eigenvalue weighted by Gasteiger charge is 2.14. The minimum absolute atomic E-state index is 1.04. The van der Waals surface area contributed by atoms with Crippen molar-refractivity contribution in [3.8, 4) is 34.1 Å². The molecule has 0 amide bonds. The highest BCUT2D eigenvalue weighted by atomic mass is 79.9. The lowest BCUT2D eigenvalue weighted by molar-refractivity contribution is 1.56. The Morgan fingerprint density at radius 2 is 1.21 bits per heavy atom. The van der Waals surface area contributed by atoms with Crippen molar-refractivity contribution in [2.45, 2.75) is 39.3 Å². The van der Waals surface area contributed by atoms with Gasteiger partial charge in [0, 0.05) is 21.0 Å². The molecule has 0 heterocycles. The van der Waals surface area contributed by atoms with Crippen LogP contribution in [-0.2, 0) is 0 Å². The van der Waals surface area contributed by atoms with E-state index in [9.17, 15) is 0 Å². The third-order valence-corrected chi connectivity index (χ3v) is 6.75. The average Bonchev–Trinajstić information content (AvgIpc) is 2.63. The first-order chi connectivity index (χ1) is 13.6. The van der Waals surface area contributed by atoms with E-state index in [-0.39, 0.29) is 0 Å². The molecule has 29 heavy (non-hydrogen) atoms. The van der Waals surface area contributed by atoms with Crippen LogP contribution in [0, 0.1) is 22.9 Å². The SMILES string of the molecule is C[Si](C)(C)C#Cc1cccc(-c2cccc3cccc(Br)c23)c1C#C[Si](C)(C)C. The normalized spacial score (nSPS) is 11.4. The lowest BCUT2D eigenvalue weighted by Gasteiger charge is -2.13. The zero-order valence-corrected chi connectivity index (χ0v) is 21.7. The molecule has 0 nitrogen and oxygen atoms in total. The summed E-state index contributed by atoms with van der Waals surface area (Å²) in [5.41, 5.74) is 11.6. The molecule has 146 valence electrons. The van der Waals surface area contributed by atoms with Crippen LogP contribution in [0.4, 0.5) is 0 Å². The number of benzene rings is 3. The summed E-state index contributed by atoms with van der Waals surface area (Å²) >= 11 is 3.76. The van der Waals surface area contributed by atoms with Crippen molar-refractivity contribution in [1.82, 2.24) is 0 Å². The number of halogens is 1. The quantitative estimate of drug-likeness (QED) is 0.250. The fourth-order valence-electron chi connectivity index (χ4n) is 3.04. The molecule has 3 heteroatoms. The lowest BCUT2D eigenvalue weighted by Crippen LogP contribution is -2.17. The van der Waals surface area contributed by atoms with Crippen molar-refractivity contribution >= 4 is 42.9 Å². The average molecular weight is 476 g/mol. The van der Waals surface area contributed by atoms with Gasteiger partial charge in [0.1, 0.15) is 16.1 Å². The Morgan fingerprint density at radius 3 is 1.86 bits per heavy atom. The van der Waals surface area contributed by atoms with Crippen molar-refractivity contribution in [2.75, 3.05) is 0 Å². The molecule has 0 aliphatic heterocycles. The van der Waals surface area contributed by atoms with Crippen molar-refractivity contribution in [3.63, 3.8) is 0 Å². The van der Waals surface area contributed by atoms with E-state index in [4.69, 9.17) is 0 Å². The molecule has 0 radical (unpaired) electrons. The van der Waals surface area contributed by atoms with E-state index >= 15 is 0 Å². The number of hydrogen-bond donors (Lipinski definition) is 0. The molecule has 0 fully saturated rings. The summed E-state index contributed by atoms with van der Waals surface area (Å²) in [4.78, 5) is 0. The van der Waals surface area contributed by atoms with Gasteiger partial charge in [0.15, 0.2) is 0 Å². The van der Waals surface area contributed by atoms with Gasteiger partial charge in [-0.05, 0) is 28.6 Å². The second-order valence-electron chi connectivity index (χ2n) is 9.37. The summed E-state index contributed by atoms with van der Waals surface area (Å²) < 4.78 is 1.10. The summed E-state index contributed by atoms with van der Waals surface area (Å²) in [5.74, 6) is 7.03. The maximum absolute atomic E-state index is 3.76. The molecule has 0 aliphatic rings. The first kappa shape index (κ1) is 21.7. The van der Waals surface area contributed by atoms with E-state index in [2.05, 4.69) is 133 Å². The molecule has 0 aromatic heterocycles. The van der Waals surface area contributed by atoms with Crippen LogP contribution < -0.4 is 0 Å². The van der Waals surface area contributed by atoms with Gasteiger partial charge in [-0.3, -0.25) is 0 Å². The van der Waals surface area contributed by atoms with Crippen LogP contribution in [0.15, 0.2) is 59.1 Å². The van der Waals surface area contributed by atoms with E-state index < -0.39 is 16.1 Å². The van der Waals surface area contributed by atoms with Crippen molar-refractivity contribution in [1.29, 1.82) is 0 Å². The highest BCUT2D eigenvalue weighted by molar-refractivity contribution is 9.10. The minimum Gasteiger partial charge on any atom is -0.127 e. The van der Waals surface area contributed by atoms with Gasteiger partial charge in [-0.25, -0.2) is 0 Å². The van der Waals surface area contributed by atoms with Crippen molar-refractivity contribution < 1.29 is 0 Å². The molecule has 3 rings (SSSR count). The predicted octanol–water partition coefficient (Wildman–Crippen LogP) is 7.73. The van der Waals surface area contributed by atoms with Gasteiger partial charge in [-0.15, -0.1) is 11.1 Å². The summed E-state index contributed by atoms with van der Waals surface area (Å²) in [6, 6.07) is 19.2. The van der Waals surface area contributed by atoms with E-state index in [0.717, 1.165) is 21.2 Å². The Bertz CT molecular complexity index is 1180. The van der Waals surface area contributed by atoms with E-state index in [1.54, 1.807) is 0 Å². The molecular formula is C26H27BrSi2. The number of rotatable bonds is 1. The monoisotopic (exact) mass is 474 g/mol. The predicted molar refractivity (Wildman–Crippen MR) is 138 cm³/mol. The molecule has 0 unspecified atom stereocenters. The zero-order chi connectivity index (χ0) is 21.2. The molecule has 0 saturated heterocycles. The van der Waals surface area contributed by atoms with Gasteiger partial charge in [-0.1, -0.05) is 110 Å². The topological polar surface area (TPSA) is 0 Å². The Kier molecular flexibility index (Phi) is 6.25. The van der Waals surface area contributed by atoms with Crippen LogP contribution >= 0.6 is 15.9 Å². The Hall–Kier alpha value is -2.05. The van der Waals surface area contributed by atoms with Gasteiger partial charge in [0.25, 0.3) is 0 Å². The molecule has 0 atom stereocenters. The van der Waals surface area contributed by atoms with Gasteiger partial charge in [0.05, 0.1) is 0 Å². The van der Waals surface area contributed by atoms with E-state index in [1.807, 2.05) is 0 Å². The Labute approximate surface area is 185 Å². The summed E-state index contributed by atoms with van der Waals surface area (Å²) in [6.07, 6.45) is 0. The van der Waals surface area contributed by atoms with Crippen LogP contribution in [-0.4, -0.2) is 16.1 Å². The van der Waals surface area contributed by atoms with Crippen molar-refractivity contribution in [3.05, 3.63) is 70.2 Å². The summed E-state index contributed by atoms with van der Waals surface area (Å²) in [7, 11) is -3.00. The largest absolute Gasteiger partial charge is 0.129 e. The first-order valence-corrected chi connectivity index (χ1v) is 17.7. The summed E-state index contributed by atoms with van der Waals surface area (Å²) in [6.45, 7) is 13.7. The molecule has 3 aromatic rings. The smallest absolute Gasteiger partial charge is 0.127 e. The second kappa shape index (κ2) is 8.37. The standard InChI is InChI=1S/C26H27BrSi2/c1-28(2,3)18-16-20-10-7-13-23(22(20)17-19-29(4,5)6)24-14-8-11-21-12-9-15-25(27)26(21)24/h7-15H,1-6H3. The Balaban J connectivity index is 2.35. The van der Waals surface area contributed by atoms with Gasteiger partial charge in [0.2, 0.25) is 0 Å². The zero-order valence-electron chi connectivity index (χ0n) is 18.1. The molecule has 0 saturated carbocycles. The van der Waals surface area contributed by atoms with Crippen LogP contribution in [0.1, 0.15) is 11.1 Å². The lowest BCUT2D eigenvalue weighted by atomic mass is 9.92. The molecule has 0 spiro atoms. The maximum Gasteiger partial charge on any atom is 0.129 e. The first-order valence-electron chi connectivity index (χ1n) is 9.92. The number of fused-ring (bicyclic) bond motifs is 1. The second-order valence-corrected chi connectivity index (χ2v) is 19.7. The van der Waals surface area contributed by atoms with Crippen LogP contribution in [0.3, 0.4) is 0 Å². The third kappa shape index (κ3) is 5.52. The van der Waals surface area contributed by atoms with E-state index in [1.165, 1.54) is 16.3 Å². The summed E-state index contributed by atoms with van der Waals surface area (Å²) in [5, 5.41) is 2.45. The molecular weight excluding hydrogens is 448 g/mol. The Morgan fingerprint density at radius 1 is 0.655 bits per heavy atom. The van der Waals surface area contributed by atoms with Gasteiger partial charge < -0.3 is 0 Å². The molecule has 3 aromatic carbocycles. The van der Waals surface area contributed by atoms with Crippen LogP contribution in [0.25, 0.3) is 21.9 Å². The van der Waals surface area contributed by atoms with Crippen molar-refractivity contribution in [2.24, 2.45) is 0 Å². The maximum atomic E-state index is 3.76. The highest BCUT2D eigenvalue weighted by Crippen LogP contribution is 2.36. The molecule has 0 bridgehead atoms.